The molecule has 2 heterocycles. The summed E-state index contributed by atoms with van der Waals surface area (Å²) < 4.78 is 7.73. The Hall–Kier alpha value is -2.05. The molecule has 0 spiro atoms. The quantitative estimate of drug-likeness (QED) is 0.898. The van der Waals surface area contributed by atoms with Gasteiger partial charge in [0.15, 0.2) is 0 Å². The van der Waals surface area contributed by atoms with E-state index >= 15 is 0 Å². The third-order valence-corrected chi connectivity index (χ3v) is 5.53. The number of ether oxygens (including phenoxy) is 1. The first-order chi connectivity index (χ1) is 12.4. The third-order valence-electron chi connectivity index (χ3n) is 5.27. The Morgan fingerprint density at radius 2 is 2.15 bits per heavy atom. The first-order valence-corrected chi connectivity index (χ1v) is 9.26. The summed E-state index contributed by atoms with van der Waals surface area (Å²) in [7, 11) is 1.88. The minimum Gasteiger partial charge on any atom is -0.367 e. The van der Waals surface area contributed by atoms with Gasteiger partial charge >= 0.3 is 6.03 Å². The van der Waals surface area contributed by atoms with Crippen LogP contribution in [0, 0.1) is 0 Å². The molecule has 1 N–H and O–H groups in total. The number of carbonyl (C=O) groups is 1. The lowest BCUT2D eigenvalue weighted by Gasteiger charge is -2.40. The second-order valence-corrected chi connectivity index (χ2v) is 7.79. The largest absolute Gasteiger partial charge is 0.367 e. The smallest absolute Gasteiger partial charge is 0.317 e. The van der Waals surface area contributed by atoms with Crippen molar-refractivity contribution in [1.82, 2.24) is 20.0 Å². The number of nitrogens with zero attached hydrogens (tertiary/aromatic N) is 3. The third kappa shape index (κ3) is 3.44. The monoisotopic (exact) mass is 374 g/mol. The number of halogens is 1. The Morgan fingerprint density at radius 3 is 2.85 bits per heavy atom. The van der Waals surface area contributed by atoms with Crippen LogP contribution in [0.4, 0.5) is 4.79 Å². The minimum atomic E-state index is -0.525. The first-order valence-electron chi connectivity index (χ1n) is 8.89. The summed E-state index contributed by atoms with van der Waals surface area (Å²) in [6.45, 7) is 3.64. The number of amides is 2. The van der Waals surface area contributed by atoms with E-state index in [1.54, 1.807) is 10.9 Å². The predicted molar refractivity (Wildman–Crippen MR) is 99.2 cm³/mol. The van der Waals surface area contributed by atoms with Crippen molar-refractivity contribution in [2.75, 3.05) is 19.7 Å². The molecule has 2 aromatic rings. The average Bonchev–Trinajstić information content (AvgIpc) is 3.23. The topological polar surface area (TPSA) is 59.4 Å². The highest BCUT2D eigenvalue weighted by atomic mass is 35.5. The molecule has 7 heteroatoms. The number of aromatic nitrogens is 2. The van der Waals surface area contributed by atoms with E-state index in [9.17, 15) is 4.79 Å². The van der Waals surface area contributed by atoms with Crippen LogP contribution in [0.1, 0.15) is 30.4 Å². The van der Waals surface area contributed by atoms with Crippen molar-refractivity contribution in [3.63, 3.8) is 0 Å². The van der Waals surface area contributed by atoms with Crippen molar-refractivity contribution in [3.8, 4) is 0 Å². The molecule has 1 aliphatic heterocycles. The summed E-state index contributed by atoms with van der Waals surface area (Å²) >= 11 is 5.94. The van der Waals surface area contributed by atoms with Gasteiger partial charge in [0.2, 0.25) is 0 Å². The zero-order chi connectivity index (χ0) is 18.3. The standard InChI is InChI=1S/C19H23ClN4O2/c1-19(14-10-21-23(2)11-14)12-24(7-8-26-19)18(25)22-17-9-16(17)13-3-5-15(20)6-4-13/h3-6,10-11,16-17H,7-9,12H2,1-2H3,(H,22,25)/t16-,17+,19?/m0/s1. The Kier molecular flexibility index (Phi) is 4.40. The lowest BCUT2D eigenvalue weighted by Crippen LogP contribution is -2.53. The van der Waals surface area contributed by atoms with Crippen LogP contribution in [0.3, 0.4) is 0 Å². The second-order valence-electron chi connectivity index (χ2n) is 7.35. The number of hydrogen-bond acceptors (Lipinski definition) is 3. The van der Waals surface area contributed by atoms with Gasteiger partial charge in [0.1, 0.15) is 5.60 Å². The molecule has 1 aromatic heterocycles. The van der Waals surface area contributed by atoms with Crippen LogP contribution in [-0.2, 0) is 17.4 Å². The molecular formula is C19H23ClN4O2. The van der Waals surface area contributed by atoms with Crippen molar-refractivity contribution < 1.29 is 9.53 Å². The molecule has 1 unspecified atom stereocenters. The number of aryl methyl sites for hydroxylation is 1. The average molecular weight is 375 g/mol. The molecule has 26 heavy (non-hydrogen) atoms. The zero-order valence-electron chi connectivity index (χ0n) is 15.0. The van der Waals surface area contributed by atoms with Gasteiger partial charge in [0, 0.05) is 42.3 Å². The normalized spacial score (nSPS) is 28.0. The van der Waals surface area contributed by atoms with Gasteiger partial charge in [-0.1, -0.05) is 23.7 Å². The van der Waals surface area contributed by atoms with Crippen LogP contribution < -0.4 is 5.32 Å². The highest BCUT2D eigenvalue weighted by Gasteiger charge is 2.42. The molecule has 1 saturated heterocycles. The highest BCUT2D eigenvalue weighted by Crippen LogP contribution is 2.41. The molecule has 2 aliphatic rings. The van der Waals surface area contributed by atoms with E-state index in [0.717, 1.165) is 17.0 Å². The molecule has 4 rings (SSSR count). The molecule has 2 amide bonds. The second kappa shape index (κ2) is 6.59. The molecule has 2 fully saturated rings. The van der Waals surface area contributed by atoms with Gasteiger partial charge in [-0.3, -0.25) is 4.68 Å². The molecular weight excluding hydrogens is 352 g/mol. The van der Waals surface area contributed by atoms with Gasteiger partial charge in [-0.15, -0.1) is 0 Å². The maximum absolute atomic E-state index is 12.7. The molecule has 1 aromatic carbocycles. The maximum Gasteiger partial charge on any atom is 0.317 e. The first kappa shape index (κ1) is 17.4. The van der Waals surface area contributed by atoms with Gasteiger partial charge in [-0.05, 0) is 31.0 Å². The van der Waals surface area contributed by atoms with E-state index in [4.69, 9.17) is 16.3 Å². The van der Waals surface area contributed by atoms with E-state index < -0.39 is 5.60 Å². The van der Waals surface area contributed by atoms with Crippen molar-refractivity contribution in [2.45, 2.75) is 30.9 Å². The van der Waals surface area contributed by atoms with Gasteiger partial charge in [0.05, 0.1) is 19.3 Å². The lowest BCUT2D eigenvalue weighted by molar-refractivity contribution is -0.0907. The fourth-order valence-corrected chi connectivity index (χ4v) is 3.72. The predicted octanol–water partition coefficient (Wildman–Crippen LogP) is 2.89. The number of urea groups is 1. The summed E-state index contributed by atoms with van der Waals surface area (Å²) in [4.78, 5) is 14.6. The fraction of sp³-hybridized carbons (Fsp3) is 0.474. The summed E-state index contributed by atoms with van der Waals surface area (Å²) in [6, 6.07) is 8.03. The van der Waals surface area contributed by atoms with E-state index in [-0.39, 0.29) is 12.1 Å². The van der Waals surface area contributed by atoms with Crippen LogP contribution in [0.15, 0.2) is 36.7 Å². The maximum atomic E-state index is 12.7. The zero-order valence-corrected chi connectivity index (χ0v) is 15.7. The Labute approximate surface area is 158 Å². The van der Waals surface area contributed by atoms with E-state index in [0.29, 0.717) is 25.6 Å². The van der Waals surface area contributed by atoms with Gasteiger partial charge in [-0.25, -0.2) is 4.79 Å². The summed E-state index contributed by atoms with van der Waals surface area (Å²) in [6.07, 6.45) is 4.72. The Morgan fingerprint density at radius 1 is 1.38 bits per heavy atom. The van der Waals surface area contributed by atoms with Crippen LogP contribution in [0.25, 0.3) is 0 Å². The van der Waals surface area contributed by atoms with Crippen LogP contribution >= 0.6 is 11.6 Å². The van der Waals surface area contributed by atoms with Gasteiger partial charge in [0.25, 0.3) is 0 Å². The number of benzene rings is 1. The molecule has 1 saturated carbocycles. The van der Waals surface area contributed by atoms with Gasteiger partial charge in [-0.2, -0.15) is 5.10 Å². The van der Waals surface area contributed by atoms with Crippen molar-refractivity contribution in [1.29, 1.82) is 0 Å². The number of morpholine rings is 1. The molecule has 6 nitrogen and oxygen atoms in total. The van der Waals surface area contributed by atoms with Crippen LogP contribution in [-0.4, -0.2) is 46.4 Å². The molecule has 3 atom stereocenters. The number of carbonyl (C=O) groups excluding carboxylic acids is 1. The van der Waals surface area contributed by atoms with Crippen LogP contribution in [0.5, 0.6) is 0 Å². The van der Waals surface area contributed by atoms with Crippen molar-refractivity contribution in [2.24, 2.45) is 7.05 Å². The lowest BCUT2D eigenvalue weighted by atomic mass is 9.97. The number of rotatable bonds is 3. The van der Waals surface area contributed by atoms with E-state index in [2.05, 4.69) is 10.4 Å². The SMILES string of the molecule is Cn1cc(C2(C)CN(C(=O)N[C@@H]3C[C@H]3c3ccc(Cl)cc3)CCO2)cn1. The Bertz CT molecular complexity index is 806. The summed E-state index contributed by atoms with van der Waals surface area (Å²) in [5.74, 6) is 0.377. The number of nitrogens with one attached hydrogen (secondary N) is 1. The molecule has 0 bridgehead atoms. The van der Waals surface area contributed by atoms with E-state index in [1.807, 2.05) is 49.3 Å². The summed E-state index contributed by atoms with van der Waals surface area (Å²) in [5.41, 5.74) is 1.69. The molecule has 0 radical (unpaired) electrons. The Balaban J connectivity index is 1.37. The van der Waals surface area contributed by atoms with Gasteiger partial charge < -0.3 is 15.0 Å². The van der Waals surface area contributed by atoms with Crippen molar-refractivity contribution >= 4 is 17.6 Å². The highest BCUT2D eigenvalue weighted by molar-refractivity contribution is 6.30. The number of hydrogen-bond donors (Lipinski definition) is 1. The van der Waals surface area contributed by atoms with Crippen LogP contribution in [0.2, 0.25) is 5.02 Å². The fourth-order valence-electron chi connectivity index (χ4n) is 3.60. The van der Waals surface area contributed by atoms with Crippen molar-refractivity contribution in [3.05, 3.63) is 52.8 Å². The molecule has 1 aliphatic carbocycles. The minimum absolute atomic E-state index is 0.0233. The molecule has 138 valence electrons. The summed E-state index contributed by atoms with van der Waals surface area (Å²) in [5, 5.41) is 8.12. The van der Waals surface area contributed by atoms with E-state index in [1.165, 1.54) is 5.56 Å².